The summed E-state index contributed by atoms with van der Waals surface area (Å²) in [7, 11) is 0. The zero-order chi connectivity index (χ0) is 10.4. The van der Waals surface area contributed by atoms with E-state index < -0.39 is 0 Å². The number of halogens is 1. The van der Waals surface area contributed by atoms with Crippen LogP contribution in [0.4, 0.5) is 4.39 Å². The summed E-state index contributed by atoms with van der Waals surface area (Å²) in [5.41, 5.74) is 8.54. The van der Waals surface area contributed by atoms with Gasteiger partial charge in [-0.3, -0.25) is 0 Å². The van der Waals surface area contributed by atoms with Crippen molar-refractivity contribution in [3.63, 3.8) is 0 Å². The molecule has 0 bridgehead atoms. The Labute approximate surface area is 88.2 Å². The van der Waals surface area contributed by atoms with Crippen molar-refractivity contribution in [2.75, 3.05) is 6.61 Å². The van der Waals surface area contributed by atoms with Crippen LogP contribution in [-0.2, 0) is 11.3 Å². The largest absolute Gasteiger partial charge is 0.375 e. The first kappa shape index (κ1) is 9.31. The van der Waals surface area contributed by atoms with Gasteiger partial charge >= 0.3 is 0 Å². The monoisotopic (exact) mass is 207 g/mol. The van der Waals surface area contributed by atoms with Crippen LogP contribution >= 0.6 is 0 Å². The maximum absolute atomic E-state index is 13.8. The topological polar surface area (TPSA) is 35.2 Å². The Hall–Kier alpha value is -0.930. The molecular weight excluding hydrogens is 193 g/mol. The molecule has 1 aromatic rings. The minimum Gasteiger partial charge on any atom is -0.375 e. The Morgan fingerprint density at radius 3 is 2.87 bits per heavy atom. The number of hydrogen-bond acceptors (Lipinski definition) is 2. The van der Waals surface area contributed by atoms with Crippen LogP contribution in [-0.4, -0.2) is 6.61 Å². The zero-order valence-electron chi connectivity index (χ0n) is 8.50. The van der Waals surface area contributed by atoms with Crippen molar-refractivity contribution < 1.29 is 9.13 Å². The van der Waals surface area contributed by atoms with Gasteiger partial charge in [-0.15, -0.1) is 0 Å². The number of hydrogen-bond donors (Lipinski definition) is 1. The van der Waals surface area contributed by atoms with Crippen LogP contribution in [0.3, 0.4) is 0 Å². The van der Waals surface area contributed by atoms with Crippen molar-refractivity contribution in [1.82, 2.24) is 0 Å². The van der Waals surface area contributed by atoms with Gasteiger partial charge in [0.1, 0.15) is 5.82 Å². The van der Waals surface area contributed by atoms with E-state index in [0.29, 0.717) is 24.7 Å². The normalized spacial score (nSPS) is 25.1. The van der Waals surface area contributed by atoms with Crippen molar-refractivity contribution in [1.29, 1.82) is 0 Å². The molecule has 2 N–H and O–H groups in total. The first-order valence-corrected chi connectivity index (χ1v) is 5.41. The minimum absolute atomic E-state index is 0.148. The lowest BCUT2D eigenvalue weighted by molar-refractivity contribution is 0.0906. The van der Waals surface area contributed by atoms with E-state index in [1.165, 1.54) is 12.8 Å². The molecule has 3 heteroatoms. The van der Waals surface area contributed by atoms with E-state index in [9.17, 15) is 4.39 Å². The van der Waals surface area contributed by atoms with E-state index in [4.69, 9.17) is 10.5 Å². The molecule has 15 heavy (non-hydrogen) atoms. The molecule has 1 saturated carbocycles. The lowest BCUT2D eigenvalue weighted by Crippen LogP contribution is -2.25. The van der Waals surface area contributed by atoms with Gasteiger partial charge in [-0.2, -0.15) is 0 Å². The van der Waals surface area contributed by atoms with Crippen molar-refractivity contribution in [3.05, 3.63) is 34.6 Å². The van der Waals surface area contributed by atoms with E-state index >= 15 is 0 Å². The van der Waals surface area contributed by atoms with Crippen molar-refractivity contribution in [2.24, 2.45) is 5.73 Å². The highest BCUT2D eigenvalue weighted by molar-refractivity contribution is 5.39. The zero-order valence-corrected chi connectivity index (χ0v) is 8.50. The number of fused-ring (bicyclic) bond motifs is 1. The van der Waals surface area contributed by atoms with E-state index in [1.54, 1.807) is 6.07 Å². The summed E-state index contributed by atoms with van der Waals surface area (Å²) in [5, 5.41) is 0. The number of rotatable bonds is 1. The third kappa shape index (κ3) is 1.56. The highest BCUT2D eigenvalue weighted by Crippen LogP contribution is 2.42. The molecule has 1 fully saturated rings. The lowest BCUT2D eigenvalue weighted by Gasteiger charge is -2.23. The Kier molecular flexibility index (Phi) is 2.04. The molecule has 1 aliphatic heterocycles. The van der Waals surface area contributed by atoms with Crippen LogP contribution in [0.15, 0.2) is 12.1 Å². The van der Waals surface area contributed by atoms with Gasteiger partial charge in [0.2, 0.25) is 0 Å². The summed E-state index contributed by atoms with van der Waals surface area (Å²) in [6.07, 6.45) is 2.37. The van der Waals surface area contributed by atoms with Gasteiger partial charge in [-0.25, -0.2) is 4.39 Å². The number of ether oxygens (including phenoxy) is 1. The van der Waals surface area contributed by atoms with Crippen molar-refractivity contribution in [2.45, 2.75) is 31.4 Å². The Bertz CT molecular complexity index is 401. The van der Waals surface area contributed by atoms with Gasteiger partial charge in [0.05, 0.1) is 19.3 Å². The van der Waals surface area contributed by atoms with Gasteiger partial charge in [-0.05, 0) is 36.0 Å². The fraction of sp³-hybridized carbons (Fsp3) is 0.500. The molecule has 0 aromatic heterocycles. The highest BCUT2D eigenvalue weighted by atomic mass is 19.1. The van der Waals surface area contributed by atoms with E-state index in [1.807, 2.05) is 0 Å². The molecule has 0 amide bonds. The second kappa shape index (κ2) is 3.29. The molecule has 80 valence electrons. The van der Waals surface area contributed by atoms with E-state index in [2.05, 4.69) is 6.07 Å². The molecule has 1 aromatic carbocycles. The van der Waals surface area contributed by atoms with Crippen LogP contribution < -0.4 is 5.73 Å². The molecule has 1 aliphatic carbocycles. The van der Waals surface area contributed by atoms with Crippen LogP contribution in [0.2, 0.25) is 0 Å². The molecule has 1 atom stereocenters. The van der Waals surface area contributed by atoms with Crippen LogP contribution in [0.5, 0.6) is 0 Å². The number of nitrogens with two attached hydrogens (primary N) is 1. The van der Waals surface area contributed by atoms with Crippen LogP contribution in [0, 0.1) is 5.82 Å². The first-order chi connectivity index (χ1) is 7.25. The molecule has 2 aliphatic rings. The third-order valence-electron chi connectivity index (χ3n) is 3.21. The van der Waals surface area contributed by atoms with Crippen molar-refractivity contribution in [3.8, 4) is 0 Å². The smallest absolute Gasteiger partial charge is 0.128 e. The minimum atomic E-state index is -0.304. The Balaban J connectivity index is 2.08. The fourth-order valence-electron chi connectivity index (χ4n) is 2.26. The average molecular weight is 207 g/mol. The molecule has 0 saturated heterocycles. The third-order valence-corrected chi connectivity index (χ3v) is 3.21. The molecule has 2 nitrogen and oxygen atoms in total. The van der Waals surface area contributed by atoms with Crippen molar-refractivity contribution >= 4 is 0 Å². The summed E-state index contributed by atoms with van der Waals surface area (Å²) in [6, 6.07) is 3.42. The second-order valence-electron chi connectivity index (χ2n) is 4.47. The maximum atomic E-state index is 13.8. The van der Waals surface area contributed by atoms with Gasteiger partial charge < -0.3 is 10.5 Å². The summed E-state index contributed by atoms with van der Waals surface area (Å²) in [5.74, 6) is 0.424. The predicted octanol–water partition coefficient (Wildman–Crippen LogP) is 2.23. The molecule has 3 rings (SSSR count). The van der Waals surface area contributed by atoms with Crippen LogP contribution in [0.25, 0.3) is 0 Å². The van der Waals surface area contributed by atoms with E-state index in [-0.39, 0.29) is 11.9 Å². The summed E-state index contributed by atoms with van der Waals surface area (Å²) in [6.45, 7) is 0.924. The van der Waals surface area contributed by atoms with Gasteiger partial charge in [-0.1, -0.05) is 6.07 Å². The first-order valence-electron chi connectivity index (χ1n) is 5.41. The van der Waals surface area contributed by atoms with Gasteiger partial charge in [0, 0.05) is 5.56 Å². The Morgan fingerprint density at radius 1 is 1.33 bits per heavy atom. The van der Waals surface area contributed by atoms with E-state index in [0.717, 1.165) is 11.1 Å². The lowest BCUT2D eigenvalue weighted by atomic mass is 9.95. The maximum Gasteiger partial charge on any atom is 0.128 e. The summed E-state index contributed by atoms with van der Waals surface area (Å²) in [4.78, 5) is 0. The number of benzene rings is 1. The van der Waals surface area contributed by atoms with Crippen LogP contribution in [0.1, 0.15) is 41.5 Å². The van der Waals surface area contributed by atoms with Gasteiger partial charge in [0.15, 0.2) is 0 Å². The average Bonchev–Trinajstić information content (AvgIpc) is 3.00. The summed E-state index contributed by atoms with van der Waals surface area (Å²) >= 11 is 0. The fourth-order valence-corrected chi connectivity index (χ4v) is 2.26. The molecule has 0 radical (unpaired) electrons. The predicted molar refractivity (Wildman–Crippen MR) is 55.0 cm³/mol. The van der Waals surface area contributed by atoms with Gasteiger partial charge in [0.25, 0.3) is 0 Å². The highest BCUT2D eigenvalue weighted by Gasteiger charge is 2.28. The molecule has 1 heterocycles. The SMILES string of the molecule is N[C@@H]1COCc2cc(C3CC3)cc(F)c21. The molecule has 0 unspecified atom stereocenters. The molecular formula is C12H14FNO. The quantitative estimate of drug-likeness (QED) is 0.766. The Morgan fingerprint density at radius 2 is 2.13 bits per heavy atom. The summed E-state index contributed by atoms with van der Waals surface area (Å²) < 4.78 is 19.2. The molecule has 0 spiro atoms. The standard InChI is InChI=1S/C12H14FNO/c13-10-4-8(7-1-2-7)3-9-5-15-6-11(14)12(9)10/h3-4,7,11H,1-2,5-6,14H2/t11-/m1/s1. The second-order valence-corrected chi connectivity index (χ2v) is 4.47.